The zero-order chi connectivity index (χ0) is 19.4. The molecule has 0 aromatic heterocycles. The van der Waals surface area contributed by atoms with Gasteiger partial charge in [0.1, 0.15) is 0 Å². The van der Waals surface area contributed by atoms with Crippen molar-refractivity contribution in [3.8, 4) is 0 Å². The van der Waals surface area contributed by atoms with Crippen LogP contribution in [-0.4, -0.2) is 36.2 Å². The second-order valence-electron chi connectivity index (χ2n) is 6.60. The van der Waals surface area contributed by atoms with E-state index in [1.807, 2.05) is 35.2 Å². The van der Waals surface area contributed by atoms with Crippen molar-refractivity contribution < 1.29 is 13.2 Å². The highest BCUT2D eigenvalue weighted by atomic mass is 32.1. The summed E-state index contributed by atoms with van der Waals surface area (Å²) < 4.78 is 38.7. The Morgan fingerprint density at radius 2 is 1.67 bits per heavy atom. The molecule has 3 nitrogen and oxygen atoms in total. The van der Waals surface area contributed by atoms with E-state index in [9.17, 15) is 13.2 Å². The number of nitrogens with zero attached hydrogens (tertiary/aromatic N) is 2. The SMILES string of the molecule is CC(NC(=S)N1CCN(c2cccc(C(F)(F)F)c2)CC1)c1ccccc1. The Hall–Kier alpha value is -2.28. The first kappa shape index (κ1) is 19.5. The molecule has 0 radical (unpaired) electrons. The Kier molecular flexibility index (Phi) is 5.89. The van der Waals surface area contributed by atoms with Crippen LogP contribution < -0.4 is 10.2 Å². The van der Waals surface area contributed by atoms with E-state index < -0.39 is 11.7 Å². The second-order valence-corrected chi connectivity index (χ2v) is 6.99. The quantitative estimate of drug-likeness (QED) is 0.776. The molecule has 1 heterocycles. The third kappa shape index (κ3) is 4.91. The number of rotatable bonds is 3. The molecule has 1 fully saturated rings. The maximum Gasteiger partial charge on any atom is 0.416 e. The van der Waals surface area contributed by atoms with Crippen LogP contribution in [0.2, 0.25) is 0 Å². The minimum absolute atomic E-state index is 0.0974. The molecule has 0 spiro atoms. The van der Waals surface area contributed by atoms with Gasteiger partial charge >= 0.3 is 6.18 Å². The minimum atomic E-state index is -4.32. The summed E-state index contributed by atoms with van der Waals surface area (Å²) in [5.41, 5.74) is 1.14. The summed E-state index contributed by atoms with van der Waals surface area (Å²) in [5.74, 6) is 0. The molecule has 1 aliphatic rings. The molecule has 1 unspecified atom stereocenters. The Bertz CT molecular complexity index is 772. The normalized spacial score (nSPS) is 16.1. The van der Waals surface area contributed by atoms with Gasteiger partial charge in [-0.05, 0) is 42.9 Å². The molecule has 3 rings (SSSR count). The molecule has 1 atom stereocenters. The highest BCUT2D eigenvalue weighted by Gasteiger charge is 2.31. The lowest BCUT2D eigenvalue weighted by Crippen LogP contribution is -2.52. The van der Waals surface area contributed by atoms with Crippen LogP contribution in [0.15, 0.2) is 54.6 Å². The predicted octanol–water partition coefficient (Wildman–Crippen LogP) is 4.46. The molecular weight excluding hydrogens is 371 g/mol. The van der Waals surface area contributed by atoms with Gasteiger partial charge in [-0.2, -0.15) is 13.2 Å². The average Bonchev–Trinajstić information content (AvgIpc) is 2.68. The summed E-state index contributed by atoms with van der Waals surface area (Å²) in [6, 6.07) is 15.6. The molecule has 7 heteroatoms. The van der Waals surface area contributed by atoms with E-state index in [1.165, 1.54) is 12.1 Å². The highest BCUT2D eigenvalue weighted by molar-refractivity contribution is 7.80. The summed E-state index contributed by atoms with van der Waals surface area (Å²) in [7, 11) is 0. The van der Waals surface area contributed by atoms with Crippen LogP contribution in [0.4, 0.5) is 18.9 Å². The third-order valence-electron chi connectivity index (χ3n) is 4.75. The van der Waals surface area contributed by atoms with E-state index >= 15 is 0 Å². The molecular formula is C20H22F3N3S. The first-order valence-electron chi connectivity index (χ1n) is 8.87. The third-order valence-corrected chi connectivity index (χ3v) is 5.12. The molecule has 144 valence electrons. The van der Waals surface area contributed by atoms with Gasteiger partial charge < -0.3 is 15.1 Å². The average molecular weight is 393 g/mol. The fraction of sp³-hybridized carbons (Fsp3) is 0.350. The van der Waals surface area contributed by atoms with Gasteiger partial charge in [-0.15, -0.1) is 0 Å². The van der Waals surface area contributed by atoms with E-state index in [2.05, 4.69) is 17.1 Å². The van der Waals surface area contributed by atoms with Crippen molar-refractivity contribution in [2.45, 2.75) is 19.1 Å². The molecule has 0 bridgehead atoms. The Labute approximate surface area is 162 Å². The molecule has 1 saturated heterocycles. The summed E-state index contributed by atoms with van der Waals surface area (Å²) >= 11 is 5.52. The molecule has 0 amide bonds. The standard InChI is InChI=1S/C20H22F3N3S/c1-15(16-6-3-2-4-7-16)24-19(27)26-12-10-25(11-13-26)18-9-5-8-17(14-18)20(21,22)23/h2-9,14-15H,10-13H2,1H3,(H,24,27). The first-order valence-corrected chi connectivity index (χ1v) is 9.28. The van der Waals surface area contributed by atoms with Crippen molar-refractivity contribution in [3.05, 3.63) is 65.7 Å². The van der Waals surface area contributed by atoms with Gasteiger partial charge in [0.15, 0.2) is 5.11 Å². The van der Waals surface area contributed by atoms with Gasteiger partial charge in [0.25, 0.3) is 0 Å². The van der Waals surface area contributed by atoms with Crippen LogP contribution in [0, 0.1) is 0 Å². The number of benzene rings is 2. The van der Waals surface area contributed by atoms with Gasteiger partial charge in [-0.25, -0.2) is 0 Å². The van der Waals surface area contributed by atoms with Crippen molar-refractivity contribution in [2.24, 2.45) is 0 Å². The van der Waals surface area contributed by atoms with Crippen LogP contribution >= 0.6 is 12.2 Å². The van der Waals surface area contributed by atoms with E-state index in [0.29, 0.717) is 37.0 Å². The first-order chi connectivity index (χ1) is 12.8. The Morgan fingerprint density at radius 1 is 1.00 bits per heavy atom. The van der Waals surface area contributed by atoms with Crippen LogP contribution in [0.1, 0.15) is 24.1 Å². The Balaban J connectivity index is 1.56. The molecule has 27 heavy (non-hydrogen) atoms. The number of alkyl halides is 3. The lowest BCUT2D eigenvalue weighted by atomic mass is 10.1. The predicted molar refractivity (Wildman–Crippen MR) is 106 cm³/mol. The molecule has 1 aliphatic heterocycles. The number of hydrogen-bond donors (Lipinski definition) is 1. The van der Waals surface area contributed by atoms with E-state index in [1.54, 1.807) is 6.07 Å². The van der Waals surface area contributed by atoms with E-state index in [-0.39, 0.29) is 6.04 Å². The van der Waals surface area contributed by atoms with Crippen molar-refractivity contribution >= 4 is 23.0 Å². The summed E-state index contributed by atoms with van der Waals surface area (Å²) in [4.78, 5) is 4.04. The summed E-state index contributed by atoms with van der Waals surface area (Å²) in [6.45, 7) is 4.65. The van der Waals surface area contributed by atoms with Crippen LogP contribution in [0.5, 0.6) is 0 Å². The molecule has 0 saturated carbocycles. The van der Waals surface area contributed by atoms with Crippen LogP contribution in [0.25, 0.3) is 0 Å². The molecule has 2 aromatic carbocycles. The molecule has 2 aromatic rings. The topological polar surface area (TPSA) is 18.5 Å². The largest absolute Gasteiger partial charge is 0.416 e. The highest BCUT2D eigenvalue weighted by Crippen LogP contribution is 2.31. The smallest absolute Gasteiger partial charge is 0.368 e. The van der Waals surface area contributed by atoms with Gasteiger partial charge in [0.05, 0.1) is 11.6 Å². The summed E-state index contributed by atoms with van der Waals surface area (Å²) in [6.07, 6.45) is -4.32. The fourth-order valence-corrected chi connectivity index (χ4v) is 3.51. The van der Waals surface area contributed by atoms with Gasteiger partial charge in [0, 0.05) is 31.9 Å². The molecule has 1 N–H and O–H groups in total. The molecule has 0 aliphatic carbocycles. The number of hydrogen-bond acceptors (Lipinski definition) is 2. The van der Waals surface area contributed by atoms with Gasteiger partial charge in [0.2, 0.25) is 0 Å². The van der Waals surface area contributed by atoms with Crippen LogP contribution in [-0.2, 0) is 6.18 Å². The monoisotopic (exact) mass is 393 g/mol. The number of nitrogens with one attached hydrogen (secondary N) is 1. The fourth-order valence-electron chi connectivity index (χ4n) is 3.15. The summed E-state index contributed by atoms with van der Waals surface area (Å²) in [5, 5.41) is 4.02. The van der Waals surface area contributed by atoms with Crippen molar-refractivity contribution in [1.82, 2.24) is 10.2 Å². The number of halogens is 3. The lowest BCUT2D eigenvalue weighted by molar-refractivity contribution is -0.137. The zero-order valence-electron chi connectivity index (χ0n) is 15.0. The number of thiocarbonyl (C=S) groups is 1. The van der Waals surface area contributed by atoms with Crippen molar-refractivity contribution in [2.75, 3.05) is 31.1 Å². The second kappa shape index (κ2) is 8.17. The minimum Gasteiger partial charge on any atom is -0.368 e. The van der Waals surface area contributed by atoms with E-state index in [4.69, 9.17) is 12.2 Å². The maximum absolute atomic E-state index is 12.9. The maximum atomic E-state index is 12.9. The lowest BCUT2D eigenvalue weighted by Gasteiger charge is -2.38. The zero-order valence-corrected chi connectivity index (χ0v) is 15.9. The van der Waals surface area contributed by atoms with Gasteiger partial charge in [-0.1, -0.05) is 36.4 Å². The number of piperazine rings is 1. The van der Waals surface area contributed by atoms with Crippen LogP contribution in [0.3, 0.4) is 0 Å². The number of anilines is 1. The van der Waals surface area contributed by atoms with E-state index in [0.717, 1.165) is 11.6 Å². The van der Waals surface area contributed by atoms with Gasteiger partial charge in [-0.3, -0.25) is 0 Å². The van der Waals surface area contributed by atoms with Crippen molar-refractivity contribution in [1.29, 1.82) is 0 Å². The Morgan fingerprint density at radius 3 is 2.30 bits per heavy atom. The van der Waals surface area contributed by atoms with Crippen molar-refractivity contribution in [3.63, 3.8) is 0 Å².